The zero-order valence-corrected chi connectivity index (χ0v) is 20.0. The molecule has 1 atom stereocenters. The molecule has 0 aromatic heterocycles. The SMILES string of the molecule is CCNC(=NCc1ccccc1C)NCC(C(C)C)N1CCN(C)CC1.I. The second kappa shape index (κ2) is 12.6. The van der Waals surface area contributed by atoms with Gasteiger partial charge in [0.05, 0.1) is 6.54 Å². The first-order valence-corrected chi connectivity index (χ1v) is 10.0. The number of nitrogens with zero attached hydrogens (tertiary/aromatic N) is 3. The highest BCUT2D eigenvalue weighted by Gasteiger charge is 2.25. The molecule has 2 N–H and O–H groups in total. The molecule has 1 aromatic rings. The predicted molar refractivity (Wildman–Crippen MR) is 127 cm³/mol. The number of likely N-dealkylation sites (N-methyl/N-ethyl adjacent to an activating group) is 1. The minimum atomic E-state index is 0. The second-order valence-electron chi connectivity index (χ2n) is 7.65. The number of rotatable bonds is 7. The van der Waals surface area contributed by atoms with Crippen molar-refractivity contribution in [3.63, 3.8) is 0 Å². The lowest BCUT2D eigenvalue weighted by molar-refractivity contribution is 0.0900. The van der Waals surface area contributed by atoms with Crippen LogP contribution < -0.4 is 10.6 Å². The van der Waals surface area contributed by atoms with E-state index in [4.69, 9.17) is 4.99 Å². The number of hydrogen-bond donors (Lipinski definition) is 2. The van der Waals surface area contributed by atoms with Gasteiger partial charge in [0.15, 0.2) is 5.96 Å². The number of benzene rings is 1. The number of hydrogen-bond acceptors (Lipinski definition) is 3. The number of halogens is 1. The third-order valence-corrected chi connectivity index (χ3v) is 5.27. The summed E-state index contributed by atoms with van der Waals surface area (Å²) >= 11 is 0. The van der Waals surface area contributed by atoms with Crippen molar-refractivity contribution in [3.8, 4) is 0 Å². The molecular formula is C21H38IN5. The van der Waals surface area contributed by atoms with Crippen LogP contribution in [0.5, 0.6) is 0 Å². The highest BCUT2D eigenvalue weighted by atomic mass is 127. The van der Waals surface area contributed by atoms with Crippen molar-refractivity contribution in [2.75, 3.05) is 46.3 Å². The Morgan fingerprint density at radius 3 is 2.37 bits per heavy atom. The van der Waals surface area contributed by atoms with Gasteiger partial charge in [-0.15, -0.1) is 24.0 Å². The first kappa shape index (κ1) is 24.2. The van der Waals surface area contributed by atoms with Crippen LogP contribution in [-0.2, 0) is 6.54 Å². The maximum atomic E-state index is 4.80. The summed E-state index contributed by atoms with van der Waals surface area (Å²) in [6.45, 7) is 16.0. The summed E-state index contributed by atoms with van der Waals surface area (Å²) in [5, 5.41) is 6.97. The molecule has 1 saturated heterocycles. The van der Waals surface area contributed by atoms with Crippen molar-refractivity contribution in [2.45, 2.75) is 40.3 Å². The predicted octanol–water partition coefficient (Wildman–Crippen LogP) is 2.94. The Morgan fingerprint density at radius 1 is 1.11 bits per heavy atom. The molecule has 1 aromatic carbocycles. The third kappa shape index (κ3) is 7.95. The van der Waals surface area contributed by atoms with Gasteiger partial charge in [0.1, 0.15) is 0 Å². The van der Waals surface area contributed by atoms with Crippen molar-refractivity contribution in [3.05, 3.63) is 35.4 Å². The average Bonchev–Trinajstić information content (AvgIpc) is 2.62. The molecular weight excluding hydrogens is 449 g/mol. The summed E-state index contributed by atoms with van der Waals surface area (Å²) in [4.78, 5) is 9.84. The Balaban J connectivity index is 0.00000364. The smallest absolute Gasteiger partial charge is 0.191 e. The van der Waals surface area contributed by atoms with E-state index in [1.165, 1.54) is 11.1 Å². The van der Waals surface area contributed by atoms with Crippen molar-refractivity contribution in [1.82, 2.24) is 20.4 Å². The van der Waals surface area contributed by atoms with Crippen LogP contribution in [0.15, 0.2) is 29.3 Å². The normalized spacial score (nSPS) is 17.5. The van der Waals surface area contributed by atoms with Gasteiger partial charge < -0.3 is 15.5 Å². The molecule has 6 heteroatoms. The molecule has 1 aliphatic heterocycles. The molecule has 27 heavy (non-hydrogen) atoms. The fourth-order valence-electron chi connectivity index (χ4n) is 3.43. The van der Waals surface area contributed by atoms with Gasteiger partial charge in [-0.2, -0.15) is 0 Å². The van der Waals surface area contributed by atoms with Crippen LogP contribution in [0.4, 0.5) is 0 Å². The van der Waals surface area contributed by atoms with E-state index < -0.39 is 0 Å². The molecule has 0 amide bonds. The summed E-state index contributed by atoms with van der Waals surface area (Å²) in [6, 6.07) is 9.00. The molecule has 0 bridgehead atoms. The highest BCUT2D eigenvalue weighted by molar-refractivity contribution is 14.0. The molecule has 0 spiro atoms. The van der Waals surface area contributed by atoms with Crippen LogP contribution in [0.2, 0.25) is 0 Å². The highest BCUT2D eigenvalue weighted by Crippen LogP contribution is 2.13. The lowest BCUT2D eigenvalue weighted by Gasteiger charge is -2.40. The fraction of sp³-hybridized carbons (Fsp3) is 0.667. The summed E-state index contributed by atoms with van der Waals surface area (Å²) in [6.07, 6.45) is 0. The maximum Gasteiger partial charge on any atom is 0.191 e. The summed E-state index contributed by atoms with van der Waals surface area (Å²) in [7, 11) is 2.21. The molecule has 1 heterocycles. The molecule has 1 unspecified atom stereocenters. The summed E-state index contributed by atoms with van der Waals surface area (Å²) in [5.74, 6) is 1.53. The van der Waals surface area contributed by atoms with E-state index in [-0.39, 0.29) is 24.0 Å². The third-order valence-electron chi connectivity index (χ3n) is 5.27. The van der Waals surface area contributed by atoms with Crippen LogP contribution in [-0.4, -0.2) is 68.1 Å². The van der Waals surface area contributed by atoms with Crippen molar-refractivity contribution in [1.29, 1.82) is 0 Å². The molecule has 0 saturated carbocycles. The zero-order valence-electron chi connectivity index (χ0n) is 17.7. The second-order valence-corrected chi connectivity index (χ2v) is 7.65. The van der Waals surface area contributed by atoms with Gasteiger partial charge in [-0.05, 0) is 37.9 Å². The monoisotopic (exact) mass is 487 g/mol. The van der Waals surface area contributed by atoms with E-state index in [1.54, 1.807) is 0 Å². The van der Waals surface area contributed by atoms with E-state index in [9.17, 15) is 0 Å². The molecule has 5 nitrogen and oxygen atoms in total. The van der Waals surface area contributed by atoms with Gasteiger partial charge >= 0.3 is 0 Å². The Hall–Kier alpha value is -0.860. The summed E-state index contributed by atoms with van der Waals surface area (Å²) in [5.41, 5.74) is 2.58. The van der Waals surface area contributed by atoms with Crippen molar-refractivity contribution in [2.24, 2.45) is 10.9 Å². The van der Waals surface area contributed by atoms with Gasteiger partial charge in [-0.3, -0.25) is 4.90 Å². The van der Waals surface area contributed by atoms with E-state index in [0.29, 0.717) is 18.5 Å². The molecule has 0 radical (unpaired) electrons. The molecule has 2 rings (SSSR count). The van der Waals surface area contributed by atoms with Crippen molar-refractivity contribution < 1.29 is 0 Å². The Kier molecular flexibility index (Phi) is 11.3. The van der Waals surface area contributed by atoms with Crippen molar-refractivity contribution >= 4 is 29.9 Å². The first-order valence-electron chi connectivity index (χ1n) is 10.0. The van der Waals surface area contributed by atoms with Crippen LogP contribution in [0.1, 0.15) is 31.9 Å². The van der Waals surface area contributed by atoms with Crippen LogP contribution in [0, 0.1) is 12.8 Å². The molecule has 1 aliphatic rings. The Bertz CT molecular complexity index is 567. The Morgan fingerprint density at radius 2 is 1.78 bits per heavy atom. The van der Waals surface area contributed by atoms with E-state index >= 15 is 0 Å². The molecule has 154 valence electrons. The maximum absolute atomic E-state index is 4.80. The Labute approximate surface area is 183 Å². The minimum absolute atomic E-state index is 0. The average molecular weight is 487 g/mol. The molecule has 1 fully saturated rings. The van der Waals surface area contributed by atoms with Crippen LogP contribution >= 0.6 is 24.0 Å². The lowest BCUT2D eigenvalue weighted by atomic mass is 10.0. The van der Waals surface area contributed by atoms with E-state index in [1.807, 2.05) is 0 Å². The number of guanidine groups is 1. The zero-order chi connectivity index (χ0) is 18.9. The number of piperazine rings is 1. The first-order chi connectivity index (χ1) is 12.5. The number of aliphatic imine (C=N–C) groups is 1. The van der Waals surface area contributed by atoms with Crippen LogP contribution in [0.3, 0.4) is 0 Å². The number of nitrogens with one attached hydrogen (secondary N) is 2. The standard InChI is InChI=1S/C21H37N5.HI/c1-6-22-21(23-15-19-10-8-7-9-18(19)4)24-16-20(17(2)3)26-13-11-25(5)12-14-26;/h7-10,17,20H,6,11-16H2,1-5H3,(H2,22,23,24);1H. The van der Waals surface area contributed by atoms with Crippen LogP contribution in [0.25, 0.3) is 0 Å². The van der Waals surface area contributed by atoms with Gasteiger partial charge in [0.25, 0.3) is 0 Å². The van der Waals surface area contributed by atoms with E-state index in [0.717, 1.165) is 45.2 Å². The lowest BCUT2D eigenvalue weighted by Crippen LogP contribution is -2.55. The van der Waals surface area contributed by atoms with Gasteiger partial charge in [-0.25, -0.2) is 4.99 Å². The summed E-state index contributed by atoms with van der Waals surface area (Å²) < 4.78 is 0. The number of aryl methyl sites for hydroxylation is 1. The topological polar surface area (TPSA) is 42.9 Å². The van der Waals surface area contributed by atoms with Gasteiger partial charge in [-0.1, -0.05) is 38.1 Å². The van der Waals surface area contributed by atoms with Gasteiger partial charge in [0, 0.05) is 45.3 Å². The van der Waals surface area contributed by atoms with Gasteiger partial charge in [0.2, 0.25) is 0 Å². The molecule has 0 aliphatic carbocycles. The fourth-order valence-corrected chi connectivity index (χ4v) is 3.43. The minimum Gasteiger partial charge on any atom is -0.357 e. The van der Waals surface area contributed by atoms with E-state index in [2.05, 4.69) is 79.4 Å². The quantitative estimate of drug-likeness (QED) is 0.353. The largest absolute Gasteiger partial charge is 0.357 e.